The molecule has 2 rings (SSSR count). The van der Waals surface area contributed by atoms with Gasteiger partial charge >= 0.3 is 6.03 Å². The number of carbonyl (C=O) groups is 1. The summed E-state index contributed by atoms with van der Waals surface area (Å²) in [7, 11) is 0. The molecule has 5 nitrogen and oxygen atoms in total. The molecule has 2 amide bonds. The summed E-state index contributed by atoms with van der Waals surface area (Å²) in [5, 5.41) is 4.01. The first-order chi connectivity index (χ1) is 7.77. The van der Waals surface area contributed by atoms with Gasteiger partial charge in [0.25, 0.3) is 0 Å². The second-order valence-corrected chi connectivity index (χ2v) is 3.67. The first kappa shape index (κ1) is 10.6. The van der Waals surface area contributed by atoms with Crippen molar-refractivity contribution in [2.24, 2.45) is 5.10 Å². The minimum absolute atomic E-state index is 0.137. The maximum atomic E-state index is 11.4. The number of aromatic nitrogens is 1. The molecular weight excluding hydrogens is 204 g/mol. The molecule has 5 heteroatoms. The fourth-order valence-corrected chi connectivity index (χ4v) is 1.36. The van der Waals surface area contributed by atoms with Crippen molar-refractivity contribution in [3.05, 3.63) is 30.1 Å². The third-order valence-corrected chi connectivity index (χ3v) is 2.50. The molecule has 1 aromatic rings. The number of rotatable bonds is 2. The number of likely N-dealkylation sites (tertiary alicyclic amines) is 1. The van der Waals surface area contributed by atoms with Gasteiger partial charge in [-0.1, -0.05) is 6.07 Å². The van der Waals surface area contributed by atoms with E-state index in [-0.39, 0.29) is 6.03 Å². The molecule has 0 unspecified atom stereocenters. The third kappa shape index (κ3) is 2.36. The molecule has 2 heterocycles. The van der Waals surface area contributed by atoms with Crippen LogP contribution in [0, 0.1) is 0 Å². The number of urea groups is 1. The highest BCUT2D eigenvalue weighted by atomic mass is 16.2. The van der Waals surface area contributed by atoms with Crippen LogP contribution in [0.1, 0.15) is 19.0 Å². The Morgan fingerprint density at radius 1 is 1.50 bits per heavy atom. The second kappa shape index (κ2) is 4.74. The summed E-state index contributed by atoms with van der Waals surface area (Å²) >= 11 is 0. The SMILES string of the molecule is CC(=NNC(=O)N1CCC1)c1ccccn1. The van der Waals surface area contributed by atoms with Crippen LogP contribution in [0.5, 0.6) is 0 Å². The molecule has 0 aliphatic carbocycles. The van der Waals surface area contributed by atoms with Crippen molar-refractivity contribution >= 4 is 11.7 Å². The van der Waals surface area contributed by atoms with E-state index in [1.54, 1.807) is 11.1 Å². The van der Waals surface area contributed by atoms with Crippen LogP contribution in [0.15, 0.2) is 29.5 Å². The zero-order valence-corrected chi connectivity index (χ0v) is 9.18. The van der Waals surface area contributed by atoms with Crippen LogP contribution in [0.4, 0.5) is 4.79 Å². The van der Waals surface area contributed by atoms with E-state index in [1.807, 2.05) is 25.1 Å². The summed E-state index contributed by atoms with van der Waals surface area (Å²) < 4.78 is 0. The standard InChI is InChI=1S/C11H14N4O/c1-9(10-5-2-3-6-12-10)13-14-11(16)15-7-4-8-15/h2-3,5-6H,4,7-8H2,1H3,(H,14,16). The number of carbonyl (C=O) groups excluding carboxylic acids is 1. The lowest BCUT2D eigenvalue weighted by atomic mass is 10.2. The second-order valence-electron chi connectivity index (χ2n) is 3.67. The van der Waals surface area contributed by atoms with Crippen LogP contribution in [-0.4, -0.2) is 34.7 Å². The largest absolute Gasteiger partial charge is 0.337 e. The van der Waals surface area contributed by atoms with Gasteiger partial charge in [-0.3, -0.25) is 4.98 Å². The molecule has 1 aliphatic rings. The topological polar surface area (TPSA) is 57.6 Å². The maximum absolute atomic E-state index is 11.4. The highest BCUT2D eigenvalue weighted by molar-refractivity contribution is 5.97. The van der Waals surface area contributed by atoms with Crippen molar-refractivity contribution in [2.75, 3.05) is 13.1 Å². The van der Waals surface area contributed by atoms with E-state index in [1.165, 1.54) is 0 Å². The molecule has 0 bridgehead atoms. The molecule has 84 valence electrons. The molecule has 0 saturated carbocycles. The van der Waals surface area contributed by atoms with Gasteiger partial charge in [0.1, 0.15) is 0 Å². The van der Waals surface area contributed by atoms with Crippen molar-refractivity contribution in [3.8, 4) is 0 Å². The van der Waals surface area contributed by atoms with Crippen molar-refractivity contribution in [3.63, 3.8) is 0 Å². The van der Waals surface area contributed by atoms with Crippen molar-refractivity contribution in [2.45, 2.75) is 13.3 Å². The number of hydrazone groups is 1. The Balaban J connectivity index is 1.94. The van der Waals surface area contributed by atoms with Crippen LogP contribution in [0.3, 0.4) is 0 Å². The minimum Gasteiger partial charge on any atom is -0.323 e. The Kier molecular flexibility index (Phi) is 3.14. The number of amides is 2. The smallest absolute Gasteiger partial charge is 0.323 e. The Bertz CT molecular complexity index is 398. The van der Waals surface area contributed by atoms with Gasteiger partial charge in [0.05, 0.1) is 11.4 Å². The quantitative estimate of drug-likeness (QED) is 0.599. The summed E-state index contributed by atoms with van der Waals surface area (Å²) in [5.41, 5.74) is 3.99. The van der Waals surface area contributed by atoms with E-state index in [0.717, 1.165) is 25.2 Å². The molecular formula is C11H14N4O. The van der Waals surface area contributed by atoms with Crippen LogP contribution in [-0.2, 0) is 0 Å². The average molecular weight is 218 g/mol. The number of nitrogens with one attached hydrogen (secondary N) is 1. The molecule has 1 aromatic heterocycles. The number of nitrogens with zero attached hydrogens (tertiary/aromatic N) is 3. The fourth-order valence-electron chi connectivity index (χ4n) is 1.36. The lowest BCUT2D eigenvalue weighted by molar-refractivity contribution is 0.168. The maximum Gasteiger partial charge on any atom is 0.337 e. The van der Waals surface area contributed by atoms with Crippen LogP contribution >= 0.6 is 0 Å². The molecule has 0 radical (unpaired) electrons. The zero-order valence-electron chi connectivity index (χ0n) is 9.18. The molecule has 0 atom stereocenters. The monoisotopic (exact) mass is 218 g/mol. The predicted molar refractivity (Wildman–Crippen MR) is 61.2 cm³/mol. The van der Waals surface area contributed by atoms with Gasteiger partial charge in [-0.25, -0.2) is 10.2 Å². The lowest BCUT2D eigenvalue weighted by Gasteiger charge is -2.29. The Morgan fingerprint density at radius 3 is 2.88 bits per heavy atom. The molecule has 16 heavy (non-hydrogen) atoms. The van der Waals surface area contributed by atoms with E-state index in [9.17, 15) is 4.79 Å². The first-order valence-electron chi connectivity index (χ1n) is 5.28. The Morgan fingerprint density at radius 2 is 2.31 bits per heavy atom. The van der Waals surface area contributed by atoms with Gasteiger partial charge in [-0.2, -0.15) is 5.10 Å². The molecule has 1 saturated heterocycles. The van der Waals surface area contributed by atoms with Crippen LogP contribution < -0.4 is 5.43 Å². The molecule has 0 aromatic carbocycles. The van der Waals surface area contributed by atoms with E-state index in [0.29, 0.717) is 5.71 Å². The van der Waals surface area contributed by atoms with Gasteiger partial charge in [-0.15, -0.1) is 0 Å². The average Bonchev–Trinajstić information content (AvgIpc) is 2.25. The predicted octanol–water partition coefficient (Wildman–Crippen LogP) is 1.22. The van der Waals surface area contributed by atoms with Gasteiger partial charge < -0.3 is 4.90 Å². The summed E-state index contributed by atoms with van der Waals surface area (Å²) in [6.45, 7) is 3.46. The van der Waals surface area contributed by atoms with E-state index >= 15 is 0 Å². The first-order valence-corrected chi connectivity index (χ1v) is 5.28. The van der Waals surface area contributed by atoms with E-state index in [2.05, 4.69) is 15.5 Å². The van der Waals surface area contributed by atoms with E-state index < -0.39 is 0 Å². The van der Waals surface area contributed by atoms with Crippen LogP contribution in [0.25, 0.3) is 0 Å². The fraction of sp³-hybridized carbons (Fsp3) is 0.364. The Hall–Kier alpha value is -1.91. The molecule has 1 aliphatic heterocycles. The molecule has 1 fully saturated rings. The highest BCUT2D eigenvalue weighted by Crippen LogP contribution is 2.05. The number of pyridine rings is 1. The van der Waals surface area contributed by atoms with Crippen molar-refractivity contribution < 1.29 is 4.79 Å². The molecule has 1 N–H and O–H groups in total. The van der Waals surface area contributed by atoms with Crippen molar-refractivity contribution in [1.29, 1.82) is 0 Å². The molecule has 0 spiro atoms. The van der Waals surface area contributed by atoms with Gasteiger partial charge in [0, 0.05) is 19.3 Å². The summed E-state index contributed by atoms with van der Waals surface area (Å²) in [6, 6.07) is 5.45. The lowest BCUT2D eigenvalue weighted by Crippen LogP contribution is -2.46. The van der Waals surface area contributed by atoms with Gasteiger partial charge in [0.15, 0.2) is 0 Å². The van der Waals surface area contributed by atoms with Crippen LogP contribution in [0.2, 0.25) is 0 Å². The zero-order chi connectivity index (χ0) is 11.4. The summed E-state index contributed by atoms with van der Waals surface area (Å²) in [6.07, 6.45) is 2.78. The third-order valence-electron chi connectivity index (χ3n) is 2.50. The highest BCUT2D eigenvalue weighted by Gasteiger charge is 2.19. The van der Waals surface area contributed by atoms with Gasteiger partial charge in [-0.05, 0) is 25.5 Å². The normalized spacial score (nSPS) is 15.6. The Labute approximate surface area is 94.2 Å². The van der Waals surface area contributed by atoms with Crippen molar-refractivity contribution in [1.82, 2.24) is 15.3 Å². The minimum atomic E-state index is -0.137. The number of hydrogen-bond acceptors (Lipinski definition) is 3. The number of hydrogen-bond donors (Lipinski definition) is 1. The van der Waals surface area contributed by atoms with Gasteiger partial charge in [0.2, 0.25) is 0 Å². The summed E-state index contributed by atoms with van der Waals surface area (Å²) in [5.74, 6) is 0. The summed E-state index contributed by atoms with van der Waals surface area (Å²) in [4.78, 5) is 17.3. The van der Waals surface area contributed by atoms with E-state index in [4.69, 9.17) is 0 Å².